The first kappa shape index (κ1) is 15.1. The summed E-state index contributed by atoms with van der Waals surface area (Å²) in [6.45, 7) is 0. The van der Waals surface area contributed by atoms with Gasteiger partial charge >= 0.3 is 0 Å². The van der Waals surface area contributed by atoms with Gasteiger partial charge in [-0.1, -0.05) is 10.3 Å². The van der Waals surface area contributed by atoms with Crippen LogP contribution in [-0.2, 0) is 0 Å². The predicted octanol–water partition coefficient (Wildman–Crippen LogP) is 1.33. The lowest BCUT2D eigenvalue weighted by molar-refractivity contribution is 0.101. The average molecular weight is 328 g/mol. The van der Waals surface area contributed by atoms with Crippen molar-refractivity contribution in [2.24, 2.45) is 0 Å². The summed E-state index contributed by atoms with van der Waals surface area (Å²) in [6.07, 6.45) is 2.45. The number of carbonyl (C=O) groups is 2. The van der Waals surface area contributed by atoms with Crippen molar-refractivity contribution in [1.29, 1.82) is 0 Å². The summed E-state index contributed by atoms with van der Waals surface area (Å²) in [7, 11) is 0. The van der Waals surface area contributed by atoms with E-state index >= 15 is 0 Å². The van der Waals surface area contributed by atoms with Crippen LogP contribution in [0.2, 0.25) is 0 Å². The fourth-order valence-electron chi connectivity index (χ4n) is 1.87. The van der Waals surface area contributed by atoms with E-state index in [1.165, 1.54) is 12.4 Å². The second-order valence-electron chi connectivity index (χ2n) is 4.69. The first-order chi connectivity index (χ1) is 11.5. The molecule has 0 aliphatic carbocycles. The Kier molecular flexibility index (Phi) is 3.85. The van der Waals surface area contributed by atoms with Crippen LogP contribution in [0.15, 0.2) is 45.7 Å². The number of nitrogens with zero attached hydrogens (tertiary/aromatic N) is 2. The number of amides is 2. The first-order valence-corrected chi connectivity index (χ1v) is 6.67. The lowest BCUT2D eigenvalue weighted by atomic mass is 10.2. The topological polar surface area (TPSA) is 162 Å². The van der Waals surface area contributed by atoms with Crippen LogP contribution in [-0.4, -0.2) is 22.1 Å². The molecule has 0 saturated heterocycles. The van der Waals surface area contributed by atoms with Crippen LogP contribution in [0.1, 0.15) is 20.7 Å². The van der Waals surface area contributed by atoms with Gasteiger partial charge in [0, 0.05) is 11.4 Å². The van der Waals surface area contributed by atoms with Gasteiger partial charge in [-0.25, -0.2) is 0 Å². The van der Waals surface area contributed by atoms with Crippen molar-refractivity contribution in [3.05, 3.63) is 47.8 Å². The quantitative estimate of drug-likeness (QED) is 0.557. The number of nitrogens with two attached hydrogens (primary N) is 2. The molecule has 0 spiro atoms. The second-order valence-corrected chi connectivity index (χ2v) is 4.69. The van der Waals surface area contributed by atoms with E-state index < -0.39 is 11.8 Å². The molecule has 1 aromatic carbocycles. The van der Waals surface area contributed by atoms with Crippen molar-refractivity contribution in [3.63, 3.8) is 0 Å². The molecular formula is C14H12N6O4. The third-order valence-corrected chi connectivity index (χ3v) is 3.09. The highest BCUT2D eigenvalue weighted by Crippen LogP contribution is 2.18. The van der Waals surface area contributed by atoms with Gasteiger partial charge in [0.2, 0.25) is 11.8 Å². The fourth-order valence-corrected chi connectivity index (χ4v) is 1.87. The van der Waals surface area contributed by atoms with Gasteiger partial charge in [-0.15, -0.1) is 0 Å². The van der Waals surface area contributed by atoms with Gasteiger partial charge in [0.25, 0.3) is 11.8 Å². The summed E-state index contributed by atoms with van der Waals surface area (Å²) in [5.74, 6) is -1.05. The minimum atomic E-state index is -0.456. The molecular weight excluding hydrogens is 316 g/mol. The zero-order valence-electron chi connectivity index (χ0n) is 12.1. The van der Waals surface area contributed by atoms with E-state index in [1.54, 1.807) is 24.3 Å². The van der Waals surface area contributed by atoms with Crippen molar-refractivity contribution in [1.82, 2.24) is 10.3 Å². The maximum Gasteiger partial charge on any atom is 0.262 e. The van der Waals surface area contributed by atoms with Crippen molar-refractivity contribution in [2.75, 3.05) is 22.1 Å². The van der Waals surface area contributed by atoms with E-state index in [4.69, 9.17) is 11.5 Å². The van der Waals surface area contributed by atoms with Crippen LogP contribution >= 0.6 is 0 Å². The van der Waals surface area contributed by atoms with E-state index in [1.807, 2.05) is 0 Å². The number of aromatic nitrogens is 2. The van der Waals surface area contributed by atoms with Gasteiger partial charge < -0.3 is 31.1 Å². The molecule has 3 aromatic rings. The number of anilines is 4. The number of benzene rings is 1. The number of rotatable bonds is 4. The van der Waals surface area contributed by atoms with E-state index in [0.29, 0.717) is 11.4 Å². The number of carbonyl (C=O) groups excluding carboxylic acids is 2. The number of nitrogens with one attached hydrogen (secondary N) is 2. The largest absolute Gasteiger partial charge is 0.367 e. The van der Waals surface area contributed by atoms with Crippen LogP contribution in [0.25, 0.3) is 0 Å². The van der Waals surface area contributed by atoms with Gasteiger partial charge in [-0.3, -0.25) is 9.59 Å². The monoisotopic (exact) mass is 328 g/mol. The van der Waals surface area contributed by atoms with Crippen molar-refractivity contribution >= 4 is 35.0 Å². The minimum Gasteiger partial charge on any atom is -0.367 e. The summed E-state index contributed by atoms with van der Waals surface area (Å²) < 4.78 is 9.26. The second kappa shape index (κ2) is 6.12. The minimum absolute atomic E-state index is 0.0670. The zero-order valence-corrected chi connectivity index (χ0v) is 12.1. The molecule has 0 unspecified atom stereocenters. The smallest absolute Gasteiger partial charge is 0.262 e. The Labute approximate surface area is 134 Å². The Hall–Kier alpha value is -3.82. The molecule has 2 amide bonds. The molecule has 24 heavy (non-hydrogen) atoms. The molecule has 10 nitrogen and oxygen atoms in total. The Bertz CT molecular complexity index is 810. The van der Waals surface area contributed by atoms with Crippen molar-refractivity contribution in [2.45, 2.75) is 0 Å². The molecule has 0 fully saturated rings. The summed E-state index contributed by atoms with van der Waals surface area (Å²) in [5.41, 5.74) is 12.2. The Morgan fingerprint density at radius 2 is 1.17 bits per heavy atom. The van der Waals surface area contributed by atoms with E-state index in [2.05, 4.69) is 30.0 Å². The molecule has 0 radical (unpaired) electrons. The lowest BCUT2D eigenvalue weighted by Crippen LogP contribution is -2.14. The molecule has 10 heteroatoms. The fraction of sp³-hybridized carbons (Fsp3) is 0. The molecule has 2 heterocycles. The SMILES string of the molecule is Nc1oncc1C(=O)Nc1ccc(NC(=O)c2cnoc2N)cc1. The molecule has 6 N–H and O–H groups in total. The van der Waals surface area contributed by atoms with Crippen LogP contribution in [0.4, 0.5) is 23.1 Å². The standard InChI is InChI=1S/C14H12N6O4/c15-11-9(5-17-23-11)13(21)19-7-1-2-8(4-3-7)20-14(22)10-6-18-24-12(10)16/h1-6H,15-16H2,(H,19,21)(H,20,22). The van der Waals surface area contributed by atoms with Crippen LogP contribution < -0.4 is 22.1 Å². The summed E-state index contributed by atoms with van der Waals surface area (Å²) >= 11 is 0. The summed E-state index contributed by atoms with van der Waals surface area (Å²) in [5, 5.41) is 12.1. The summed E-state index contributed by atoms with van der Waals surface area (Å²) in [4.78, 5) is 23.9. The summed E-state index contributed by atoms with van der Waals surface area (Å²) in [6, 6.07) is 6.42. The molecule has 0 aliphatic rings. The highest BCUT2D eigenvalue weighted by Gasteiger charge is 2.15. The molecule has 2 aromatic heterocycles. The molecule has 0 aliphatic heterocycles. The molecule has 0 atom stereocenters. The number of hydrogen-bond donors (Lipinski definition) is 4. The maximum atomic E-state index is 12.0. The zero-order chi connectivity index (χ0) is 17.1. The van der Waals surface area contributed by atoms with Crippen LogP contribution in [0.5, 0.6) is 0 Å². The highest BCUT2D eigenvalue weighted by atomic mass is 16.5. The molecule has 0 saturated carbocycles. The maximum absolute atomic E-state index is 12.0. The molecule has 0 bridgehead atoms. The van der Waals surface area contributed by atoms with Crippen LogP contribution in [0, 0.1) is 0 Å². The van der Waals surface area contributed by atoms with Crippen molar-refractivity contribution < 1.29 is 18.6 Å². The van der Waals surface area contributed by atoms with Gasteiger partial charge in [-0.05, 0) is 24.3 Å². The Balaban J connectivity index is 1.65. The van der Waals surface area contributed by atoms with E-state index in [9.17, 15) is 9.59 Å². The lowest BCUT2D eigenvalue weighted by Gasteiger charge is -2.07. The Morgan fingerprint density at radius 3 is 1.46 bits per heavy atom. The van der Waals surface area contributed by atoms with Gasteiger partial charge in [-0.2, -0.15) is 0 Å². The number of hydrogen-bond acceptors (Lipinski definition) is 8. The first-order valence-electron chi connectivity index (χ1n) is 6.67. The van der Waals surface area contributed by atoms with Gasteiger partial charge in [0.15, 0.2) is 0 Å². The highest BCUT2D eigenvalue weighted by molar-refractivity contribution is 6.08. The average Bonchev–Trinajstić information content (AvgIpc) is 3.17. The Morgan fingerprint density at radius 1 is 0.792 bits per heavy atom. The molecule has 122 valence electrons. The third-order valence-electron chi connectivity index (χ3n) is 3.09. The normalized spacial score (nSPS) is 10.3. The predicted molar refractivity (Wildman–Crippen MR) is 84.2 cm³/mol. The third kappa shape index (κ3) is 3.02. The number of nitrogen functional groups attached to an aromatic ring is 2. The van der Waals surface area contributed by atoms with E-state index in [0.717, 1.165) is 0 Å². The van der Waals surface area contributed by atoms with E-state index in [-0.39, 0.29) is 22.9 Å². The van der Waals surface area contributed by atoms with Gasteiger partial charge in [0.1, 0.15) is 11.1 Å². The van der Waals surface area contributed by atoms with Crippen molar-refractivity contribution in [3.8, 4) is 0 Å². The van der Waals surface area contributed by atoms with Gasteiger partial charge in [0.05, 0.1) is 12.4 Å². The molecule has 3 rings (SSSR count). The van der Waals surface area contributed by atoms with Crippen LogP contribution in [0.3, 0.4) is 0 Å².